The van der Waals surface area contributed by atoms with Crippen LogP contribution in [0.3, 0.4) is 0 Å². The standard InChI is InChI=1S/C19H15F3N2O3S/c1-3-27-18(26)16(11(2)25)28-17-13(10-23)14(19(20,21)22)9-15(24-17)12-7-5-4-6-8-12/h4-9,16H,3H2,1-2H3. The summed E-state index contributed by atoms with van der Waals surface area (Å²) >= 11 is 0.477. The molecule has 0 aliphatic heterocycles. The molecule has 0 saturated heterocycles. The Bertz CT molecular complexity index is 925. The van der Waals surface area contributed by atoms with E-state index in [2.05, 4.69) is 4.98 Å². The second-order valence-electron chi connectivity index (χ2n) is 5.57. The molecular weight excluding hydrogens is 393 g/mol. The number of pyridine rings is 1. The predicted molar refractivity (Wildman–Crippen MR) is 96.3 cm³/mol. The molecule has 0 aliphatic carbocycles. The van der Waals surface area contributed by atoms with Gasteiger partial charge in [-0.05, 0) is 19.9 Å². The highest BCUT2D eigenvalue weighted by atomic mass is 32.2. The first-order chi connectivity index (χ1) is 13.2. The normalized spacial score (nSPS) is 12.1. The Kier molecular flexibility index (Phi) is 6.80. The van der Waals surface area contributed by atoms with Crippen molar-refractivity contribution in [1.29, 1.82) is 5.26 Å². The van der Waals surface area contributed by atoms with Crippen LogP contribution in [0.5, 0.6) is 0 Å². The predicted octanol–water partition coefficient (Wildman–Crippen LogP) is 4.25. The Morgan fingerprint density at radius 1 is 1.29 bits per heavy atom. The number of benzene rings is 1. The molecule has 0 bridgehead atoms. The fourth-order valence-electron chi connectivity index (χ4n) is 2.32. The number of nitrogens with zero attached hydrogens (tertiary/aromatic N) is 2. The van der Waals surface area contributed by atoms with E-state index in [9.17, 15) is 28.0 Å². The minimum absolute atomic E-state index is 0.000431. The summed E-state index contributed by atoms with van der Waals surface area (Å²) in [6, 6.07) is 10.4. The number of nitriles is 1. The zero-order valence-corrected chi connectivity index (χ0v) is 15.7. The average molecular weight is 408 g/mol. The number of thioether (sulfide) groups is 1. The maximum Gasteiger partial charge on any atom is 0.417 e. The smallest absolute Gasteiger partial charge is 0.417 e. The van der Waals surface area contributed by atoms with Crippen LogP contribution in [0.2, 0.25) is 0 Å². The highest BCUT2D eigenvalue weighted by molar-refractivity contribution is 8.01. The van der Waals surface area contributed by atoms with Crippen molar-refractivity contribution in [1.82, 2.24) is 4.98 Å². The molecule has 0 saturated carbocycles. The van der Waals surface area contributed by atoms with Gasteiger partial charge in [0.25, 0.3) is 0 Å². The van der Waals surface area contributed by atoms with E-state index in [0.29, 0.717) is 17.3 Å². The number of carbonyl (C=O) groups excluding carboxylic acids is 2. The van der Waals surface area contributed by atoms with Gasteiger partial charge in [0.2, 0.25) is 0 Å². The number of hydrogen-bond acceptors (Lipinski definition) is 6. The number of rotatable bonds is 6. The lowest BCUT2D eigenvalue weighted by Gasteiger charge is -2.17. The van der Waals surface area contributed by atoms with Gasteiger partial charge in [0.1, 0.15) is 11.1 Å². The summed E-state index contributed by atoms with van der Waals surface area (Å²) in [6.45, 7) is 2.66. The number of halogens is 3. The lowest BCUT2D eigenvalue weighted by atomic mass is 10.1. The highest BCUT2D eigenvalue weighted by Crippen LogP contribution is 2.39. The van der Waals surface area contributed by atoms with Gasteiger partial charge < -0.3 is 4.74 Å². The highest BCUT2D eigenvalue weighted by Gasteiger charge is 2.37. The monoisotopic (exact) mass is 408 g/mol. The Morgan fingerprint density at radius 2 is 1.93 bits per heavy atom. The lowest BCUT2D eigenvalue weighted by Crippen LogP contribution is -2.27. The first-order valence-electron chi connectivity index (χ1n) is 8.10. The molecule has 0 fully saturated rings. The van der Waals surface area contributed by atoms with Gasteiger partial charge in [-0.3, -0.25) is 9.59 Å². The van der Waals surface area contributed by atoms with Crippen molar-refractivity contribution in [2.75, 3.05) is 6.61 Å². The van der Waals surface area contributed by atoms with Gasteiger partial charge in [-0.15, -0.1) is 0 Å². The SMILES string of the molecule is CCOC(=O)C(Sc1nc(-c2ccccc2)cc(C(F)(F)F)c1C#N)C(C)=O. The van der Waals surface area contributed by atoms with Gasteiger partial charge in [-0.25, -0.2) is 4.98 Å². The van der Waals surface area contributed by atoms with Gasteiger partial charge in [0.15, 0.2) is 11.0 Å². The van der Waals surface area contributed by atoms with Crippen molar-refractivity contribution in [3.63, 3.8) is 0 Å². The maximum atomic E-state index is 13.5. The van der Waals surface area contributed by atoms with E-state index in [1.807, 2.05) is 0 Å². The molecule has 0 aliphatic rings. The van der Waals surface area contributed by atoms with Crippen LogP contribution >= 0.6 is 11.8 Å². The number of alkyl halides is 3. The lowest BCUT2D eigenvalue weighted by molar-refractivity contribution is -0.144. The van der Waals surface area contributed by atoms with Gasteiger partial charge in [0.05, 0.1) is 23.4 Å². The molecule has 146 valence electrons. The molecule has 28 heavy (non-hydrogen) atoms. The molecule has 0 amide bonds. The third-order valence-corrected chi connectivity index (χ3v) is 4.85. The van der Waals surface area contributed by atoms with Crippen LogP contribution in [0.1, 0.15) is 25.0 Å². The molecule has 0 spiro atoms. The van der Waals surface area contributed by atoms with Crippen molar-refractivity contribution >= 4 is 23.5 Å². The number of ether oxygens (including phenoxy) is 1. The maximum absolute atomic E-state index is 13.5. The quantitative estimate of drug-likeness (QED) is 0.404. The Morgan fingerprint density at radius 3 is 2.43 bits per heavy atom. The average Bonchev–Trinajstić information content (AvgIpc) is 2.65. The van der Waals surface area contributed by atoms with Crippen molar-refractivity contribution in [3.8, 4) is 17.3 Å². The van der Waals surface area contributed by atoms with E-state index in [-0.39, 0.29) is 17.3 Å². The zero-order chi connectivity index (χ0) is 20.9. The molecular formula is C19H15F3N2O3S. The molecule has 5 nitrogen and oxygen atoms in total. The first-order valence-corrected chi connectivity index (χ1v) is 8.98. The Labute approximate surface area is 163 Å². The Balaban J connectivity index is 2.66. The summed E-state index contributed by atoms with van der Waals surface area (Å²) in [5, 5.41) is 7.53. The molecule has 1 atom stereocenters. The van der Waals surface area contributed by atoms with E-state index in [1.165, 1.54) is 13.0 Å². The molecule has 2 aromatic rings. The van der Waals surface area contributed by atoms with Crippen LogP contribution in [0.4, 0.5) is 13.2 Å². The number of ketones is 1. The summed E-state index contributed by atoms with van der Waals surface area (Å²) < 4.78 is 45.4. The summed E-state index contributed by atoms with van der Waals surface area (Å²) in [6.07, 6.45) is -4.82. The molecule has 1 heterocycles. The van der Waals surface area contributed by atoms with Crippen molar-refractivity contribution in [2.45, 2.75) is 30.3 Å². The number of esters is 1. The largest absolute Gasteiger partial charge is 0.465 e. The van der Waals surface area contributed by atoms with Gasteiger partial charge in [0, 0.05) is 5.56 Å². The Hall–Kier alpha value is -2.86. The van der Waals surface area contributed by atoms with E-state index < -0.39 is 34.3 Å². The minimum atomic E-state index is -4.82. The van der Waals surface area contributed by atoms with Crippen LogP contribution < -0.4 is 0 Å². The number of hydrogen-bond donors (Lipinski definition) is 0. The zero-order valence-electron chi connectivity index (χ0n) is 14.9. The fraction of sp³-hybridized carbons (Fsp3) is 0.263. The van der Waals surface area contributed by atoms with Gasteiger partial charge in [-0.2, -0.15) is 18.4 Å². The number of carbonyl (C=O) groups is 2. The molecule has 1 aromatic heterocycles. The van der Waals surface area contributed by atoms with E-state index in [1.54, 1.807) is 30.3 Å². The third kappa shape index (κ3) is 4.89. The first kappa shape index (κ1) is 21.4. The van der Waals surface area contributed by atoms with E-state index in [4.69, 9.17) is 4.74 Å². The van der Waals surface area contributed by atoms with Crippen molar-refractivity contribution in [2.24, 2.45) is 0 Å². The topological polar surface area (TPSA) is 80.0 Å². The molecule has 9 heteroatoms. The molecule has 2 rings (SSSR count). The second kappa shape index (κ2) is 8.89. The molecule has 1 aromatic carbocycles. The molecule has 0 radical (unpaired) electrons. The van der Waals surface area contributed by atoms with Crippen LogP contribution in [-0.2, 0) is 20.5 Å². The van der Waals surface area contributed by atoms with Crippen LogP contribution in [0.25, 0.3) is 11.3 Å². The van der Waals surface area contributed by atoms with Crippen LogP contribution in [0.15, 0.2) is 41.4 Å². The van der Waals surface area contributed by atoms with Gasteiger partial charge >= 0.3 is 12.1 Å². The second-order valence-corrected chi connectivity index (χ2v) is 6.67. The summed E-state index contributed by atoms with van der Waals surface area (Å²) in [5.41, 5.74) is -1.55. The van der Waals surface area contributed by atoms with Crippen molar-refractivity contribution in [3.05, 3.63) is 47.5 Å². The molecule has 1 unspecified atom stereocenters. The summed E-state index contributed by atoms with van der Waals surface area (Å²) in [7, 11) is 0. The van der Waals surface area contributed by atoms with Crippen molar-refractivity contribution < 1.29 is 27.5 Å². The minimum Gasteiger partial charge on any atom is -0.465 e. The fourth-order valence-corrected chi connectivity index (χ4v) is 3.30. The number of Topliss-reactive ketones (excluding diaryl/α,β-unsaturated/α-hetero) is 1. The van der Waals surface area contributed by atoms with Gasteiger partial charge in [-0.1, -0.05) is 42.1 Å². The summed E-state index contributed by atoms with van der Waals surface area (Å²) in [4.78, 5) is 28.0. The third-order valence-electron chi connectivity index (χ3n) is 3.57. The van der Waals surface area contributed by atoms with E-state index in [0.717, 1.165) is 13.0 Å². The summed E-state index contributed by atoms with van der Waals surface area (Å²) in [5.74, 6) is -1.52. The number of aromatic nitrogens is 1. The van der Waals surface area contributed by atoms with E-state index >= 15 is 0 Å². The van der Waals surface area contributed by atoms with Crippen LogP contribution in [0, 0.1) is 11.3 Å². The van der Waals surface area contributed by atoms with Crippen LogP contribution in [-0.4, -0.2) is 28.6 Å². The molecule has 0 N–H and O–H groups in total.